The number of aromatic nitrogens is 1. The molecule has 1 aliphatic carbocycles. The van der Waals surface area contributed by atoms with E-state index in [9.17, 15) is 15.0 Å². The second-order valence-electron chi connectivity index (χ2n) is 8.15. The number of ether oxygens (including phenoxy) is 1. The van der Waals surface area contributed by atoms with Gasteiger partial charge in [-0.15, -0.1) is 0 Å². The highest BCUT2D eigenvalue weighted by Crippen LogP contribution is 2.48. The van der Waals surface area contributed by atoms with Crippen LogP contribution in [0.5, 0.6) is 5.75 Å². The van der Waals surface area contributed by atoms with Crippen molar-refractivity contribution in [2.75, 3.05) is 19.0 Å². The zero-order valence-electron chi connectivity index (χ0n) is 17.4. The molecule has 0 atom stereocenters. The summed E-state index contributed by atoms with van der Waals surface area (Å²) >= 11 is 6.55. The number of hydrogen-bond acceptors (Lipinski definition) is 5. The molecule has 2 aliphatic rings. The molecule has 1 saturated carbocycles. The van der Waals surface area contributed by atoms with E-state index < -0.39 is 5.91 Å². The van der Waals surface area contributed by atoms with E-state index in [0.29, 0.717) is 27.6 Å². The number of aliphatic hydroxyl groups is 2. The van der Waals surface area contributed by atoms with Crippen LogP contribution in [0, 0.1) is 0 Å². The average molecular weight is 449 g/mol. The first-order valence-electron chi connectivity index (χ1n) is 10.3. The van der Waals surface area contributed by atoms with Crippen LogP contribution in [0.25, 0.3) is 22.5 Å². The molecule has 0 spiro atoms. The van der Waals surface area contributed by atoms with Crippen molar-refractivity contribution in [1.82, 2.24) is 4.98 Å². The topological polar surface area (TPSA) is 91.7 Å². The van der Waals surface area contributed by atoms with Crippen LogP contribution in [0.3, 0.4) is 0 Å². The highest BCUT2D eigenvalue weighted by atomic mass is 35.5. The number of pyridine rings is 1. The van der Waals surface area contributed by atoms with Gasteiger partial charge in [0.25, 0.3) is 5.91 Å². The Kier molecular flexibility index (Phi) is 4.92. The minimum atomic E-state index is -0.418. The lowest BCUT2D eigenvalue weighted by atomic mass is 9.93. The molecule has 3 N–H and O–H groups in total. The van der Waals surface area contributed by atoms with Crippen molar-refractivity contribution in [3.63, 3.8) is 0 Å². The quantitative estimate of drug-likeness (QED) is 0.384. The van der Waals surface area contributed by atoms with E-state index in [0.717, 1.165) is 29.5 Å². The molecule has 1 aromatic heterocycles. The summed E-state index contributed by atoms with van der Waals surface area (Å²) in [7, 11) is 1.48. The number of aliphatic hydroxyl groups excluding tert-OH is 2. The zero-order chi connectivity index (χ0) is 22.5. The van der Waals surface area contributed by atoms with Crippen molar-refractivity contribution in [1.29, 1.82) is 0 Å². The molecule has 5 rings (SSSR count). The second kappa shape index (κ2) is 7.65. The van der Waals surface area contributed by atoms with Crippen LogP contribution in [0.1, 0.15) is 29.5 Å². The van der Waals surface area contributed by atoms with E-state index in [1.807, 2.05) is 30.3 Å². The highest BCUT2D eigenvalue weighted by molar-refractivity contribution is 6.38. The normalized spacial score (nSPS) is 17.5. The number of benzene rings is 2. The standard InChI is InChI=1S/C25H21ClN2O4/c1-32-21-12-27-9-6-16(21)23(30)22-18-10-17(19(26)11-20(18)28-24(22)31)14-2-4-15(5-3-14)25(13-29)7-8-25/h2-6,9-12,29-30H,7-8,13H2,1H3,(H,28,31). The van der Waals surface area contributed by atoms with Crippen molar-refractivity contribution >= 4 is 34.5 Å². The lowest BCUT2D eigenvalue weighted by Gasteiger charge is -2.14. The summed E-state index contributed by atoms with van der Waals surface area (Å²) in [5.41, 5.74) is 4.25. The Balaban J connectivity index is 1.60. The predicted molar refractivity (Wildman–Crippen MR) is 124 cm³/mol. The molecule has 1 aliphatic heterocycles. The number of carbonyl (C=O) groups is 1. The summed E-state index contributed by atoms with van der Waals surface area (Å²) in [5, 5.41) is 23.9. The number of methoxy groups -OCH3 is 1. The smallest absolute Gasteiger partial charge is 0.260 e. The molecule has 1 amide bonds. The number of fused-ring (bicyclic) bond motifs is 1. The lowest BCUT2D eigenvalue weighted by Crippen LogP contribution is -2.11. The van der Waals surface area contributed by atoms with Crippen LogP contribution in [0.15, 0.2) is 54.9 Å². The van der Waals surface area contributed by atoms with Gasteiger partial charge in [0.2, 0.25) is 0 Å². The van der Waals surface area contributed by atoms with Gasteiger partial charge < -0.3 is 20.3 Å². The third-order valence-corrected chi connectivity index (χ3v) is 6.63. The predicted octanol–water partition coefficient (Wildman–Crippen LogP) is 4.81. The molecule has 0 saturated heterocycles. The minimum absolute atomic E-state index is 0.109. The molecule has 0 unspecified atom stereocenters. The summed E-state index contributed by atoms with van der Waals surface area (Å²) in [5.74, 6) is -0.247. The van der Waals surface area contributed by atoms with Gasteiger partial charge >= 0.3 is 0 Å². The molecule has 0 radical (unpaired) electrons. The number of carbonyl (C=O) groups excluding carboxylic acids is 1. The van der Waals surface area contributed by atoms with Crippen LogP contribution in [-0.2, 0) is 10.2 Å². The number of rotatable bonds is 5. The molecular formula is C25H21ClN2O4. The number of amides is 1. The first-order valence-corrected chi connectivity index (χ1v) is 10.6. The maximum Gasteiger partial charge on any atom is 0.260 e. The fourth-order valence-electron chi connectivity index (χ4n) is 4.21. The van der Waals surface area contributed by atoms with E-state index in [1.54, 1.807) is 12.1 Å². The Hall–Kier alpha value is -3.35. The van der Waals surface area contributed by atoms with Crippen molar-refractivity contribution in [3.05, 3.63) is 76.6 Å². The van der Waals surface area contributed by atoms with Gasteiger partial charge in [-0.05, 0) is 42.2 Å². The van der Waals surface area contributed by atoms with Gasteiger partial charge in [0, 0.05) is 22.7 Å². The molecule has 162 valence electrons. The van der Waals surface area contributed by atoms with Crippen molar-refractivity contribution in [2.45, 2.75) is 18.3 Å². The lowest BCUT2D eigenvalue weighted by molar-refractivity contribution is -0.110. The summed E-state index contributed by atoms with van der Waals surface area (Å²) in [6.45, 7) is 0.144. The molecule has 32 heavy (non-hydrogen) atoms. The Bertz CT molecular complexity index is 1260. The van der Waals surface area contributed by atoms with E-state index >= 15 is 0 Å². The summed E-state index contributed by atoms with van der Waals surface area (Å²) in [6, 6.07) is 13.1. The SMILES string of the molecule is COc1cnccc1C(O)=C1C(=O)Nc2cc(Cl)c(-c3ccc(C4(CO)CC4)cc3)cc21. The maximum atomic E-state index is 12.7. The van der Waals surface area contributed by atoms with E-state index in [1.165, 1.54) is 19.5 Å². The van der Waals surface area contributed by atoms with Gasteiger partial charge in [0.15, 0.2) is 0 Å². The molecular weight excluding hydrogens is 428 g/mol. The Morgan fingerprint density at radius 2 is 1.94 bits per heavy atom. The van der Waals surface area contributed by atoms with Crippen molar-refractivity contribution < 1.29 is 19.7 Å². The Morgan fingerprint density at radius 1 is 1.19 bits per heavy atom. The first kappa shape index (κ1) is 20.5. The van der Waals surface area contributed by atoms with Gasteiger partial charge in [-0.25, -0.2) is 0 Å². The highest BCUT2D eigenvalue weighted by Gasteiger charge is 2.43. The molecule has 2 heterocycles. The number of hydrogen-bond donors (Lipinski definition) is 3. The molecule has 3 aromatic rings. The molecule has 7 heteroatoms. The fourth-order valence-corrected chi connectivity index (χ4v) is 4.48. The summed E-state index contributed by atoms with van der Waals surface area (Å²) < 4.78 is 5.29. The van der Waals surface area contributed by atoms with Gasteiger partial charge in [0.05, 0.1) is 41.8 Å². The molecule has 6 nitrogen and oxygen atoms in total. The van der Waals surface area contributed by atoms with E-state index in [4.69, 9.17) is 16.3 Å². The van der Waals surface area contributed by atoms with Crippen LogP contribution in [0.2, 0.25) is 5.02 Å². The van der Waals surface area contributed by atoms with Gasteiger partial charge in [-0.3, -0.25) is 9.78 Å². The van der Waals surface area contributed by atoms with Gasteiger partial charge in [0.1, 0.15) is 11.5 Å². The second-order valence-corrected chi connectivity index (χ2v) is 8.55. The van der Waals surface area contributed by atoms with E-state index in [2.05, 4.69) is 10.3 Å². The van der Waals surface area contributed by atoms with Crippen LogP contribution in [0.4, 0.5) is 5.69 Å². The van der Waals surface area contributed by atoms with Crippen LogP contribution >= 0.6 is 11.6 Å². The van der Waals surface area contributed by atoms with Gasteiger partial charge in [-0.2, -0.15) is 0 Å². The maximum absolute atomic E-state index is 12.7. The minimum Gasteiger partial charge on any atom is -0.506 e. The van der Waals surface area contributed by atoms with Crippen LogP contribution < -0.4 is 10.1 Å². The van der Waals surface area contributed by atoms with Crippen molar-refractivity contribution in [2.24, 2.45) is 0 Å². The van der Waals surface area contributed by atoms with Crippen molar-refractivity contribution in [3.8, 4) is 16.9 Å². The first-order chi connectivity index (χ1) is 15.5. The Labute approximate surface area is 190 Å². The molecule has 2 aromatic carbocycles. The average Bonchev–Trinajstić information content (AvgIpc) is 3.55. The monoisotopic (exact) mass is 448 g/mol. The number of nitrogens with one attached hydrogen (secondary N) is 1. The van der Waals surface area contributed by atoms with Crippen LogP contribution in [-0.4, -0.2) is 34.8 Å². The third kappa shape index (κ3) is 3.23. The Morgan fingerprint density at radius 3 is 2.59 bits per heavy atom. The zero-order valence-corrected chi connectivity index (χ0v) is 18.1. The molecule has 0 bridgehead atoms. The largest absolute Gasteiger partial charge is 0.506 e. The number of nitrogens with zero attached hydrogens (tertiary/aromatic N) is 1. The van der Waals surface area contributed by atoms with E-state index in [-0.39, 0.29) is 23.4 Å². The number of halogens is 1. The third-order valence-electron chi connectivity index (χ3n) is 6.31. The summed E-state index contributed by atoms with van der Waals surface area (Å²) in [6.07, 6.45) is 4.98. The van der Waals surface area contributed by atoms with Gasteiger partial charge in [-0.1, -0.05) is 35.9 Å². The number of anilines is 1. The summed E-state index contributed by atoms with van der Waals surface area (Å²) in [4.78, 5) is 16.7. The molecule has 1 fully saturated rings. The fraction of sp³-hybridized carbons (Fsp3) is 0.200.